The molecule has 110 valence electrons. The fourth-order valence-corrected chi connectivity index (χ4v) is 3.72. The smallest absolute Gasteiger partial charge is 0.0474 e. The van der Waals surface area contributed by atoms with Crippen LogP contribution in [0.15, 0.2) is 29.6 Å². The van der Waals surface area contributed by atoms with E-state index in [1.807, 2.05) is 11.3 Å². The molecule has 1 heterocycles. The number of rotatable bonds is 9. The van der Waals surface area contributed by atoms with Crippen molar-refractivity contribution in [2.24, 2.45) is 5.84 Å². The van der Waals surface area contributed by atoms with Gasteiger partial charge in [-0.25, -0.2) is 0 Å². The molecule has 20 heavy (non-hydrogen) atoms. The van der Waals surface area contributed by atoms with Crippen LogP contribution in [0.4, 0.5) is 0 Å². The lowest BCUT2D eigenvalue weighted by Crippen LogP contribution is -2.28. The van der Waals surface area contributed by atoms with Gasteiger partial charge in [-0.15, -0.1) is 11.3 Å². The van der Waals surface area contributed by atoms with Gasteiger partial charge in [0, 0.05) is 10.7 Å². The van der Waals surface area contributed by atoms with Crippen LogP contribution in [0.25, 0.3) is 10.1 Å². The number of unbranched alkanes of at least 4 members (excludes halogenated alkanes) is 5. The third-order valence-electron chi connectivity index (χ3n) is 3.93. The van der Waals surface area contributed by atoms with Gasteiger partial charge in [-0.05, 0) is 28.8 Å². The SMILES string of the molecule is CCCCCCCCC(NN)c1cccc2ccsc12. The number of fused-ring (bicyclic) bond motifs is 1. The average Bonchev–Trinajstić information content (AvgIpc) is 2.95. The summed E-state index contributed by atoms with van der Waals surface area (Å²) in [6.07, 6.45) is 9.10. The molecule has 0 aliphatic carbocycles. The van der Waals surface area contributed by atoms with Crippen LogP contribution in [0, 0.1) is 0 Å². The molecule has 0 saturated heterocycles. The van der Waals surface area contributed by atoms with Crippen LogP contribution in [-0.4, -0.2) is 0 Å². The van der Waals surface area contributed by atoms with Crippen LogP contribution in [0.5, 0.6) is 0 Å². The lowest BCUT2D eigenvalue weighted by atomic mass is 9.99. The van der Waals surface area contributed by atoms with Gasteiger partial charge in [-0.2, -0.15) is 0 Å². The van der Waals surface area contributed by atoms with Crippen LogP contribution in [0.3, 0.4) is 0 Å². The molecule has 0 spiro atoms. The Balaban J connectivity index is 1.90. The van der Waals surface area contributed by atoms with Crippen LogP contribution in [0.1, 0.15) is 63.5 Å². The molecule has 0 aliphatic rings. The minimum absolute atomic E-state index is 0.281. The molecule has 2 nitrogen and oxygen atoms in total. The summed E-state index contributed by atoms with van der Waals surface area (Å²) in [7, 11) is 0. The monoisotopic (exact) mass is 290 g/mol. The van der Waals surface area contributed by atoms with Crippen LogP contribution < -0.4 is 11.3 Å². The van der Waals surface area contributed by atoms with Crippen molar-refractivity contribution in [3.05, 3.63) is 35.2 Å². The van der Waals surface area contributed by atoms with E-state index >= 15 is 0 Å². The molecule has 0 radical (unpaired) electrons. The van der Waals surface area contributed by atoms with Gasteiger partial charge in [0.1, 0.15) is 0 Å². The van der Waals surface area contributed by atoms with E-state index < -0.39 is 0 Å². The molecule has 0 aliphatic heterocycles. The maximum Gasteiger partial charge on any atom is 0.0474 e. The number of hydrogen-bond acceptors (Lipinski definition) is 3. The molecule has 0 fully saturated rings. The Kier molecular flexibility index (Phi) is 6.51. The fourth-order valence-electron chi connectivity index (χ4n) is 2.75. The molecule has 3 N–H and O–H groups in total. The summed E-state index contributed by atoms with van der Waals surface area (Å²) in [5.74, 6) is 5.78. The van der Waals surface area contributed by atoms with Crippen molar-refractivity contribution in [1.82, 2.24) is 5.43 Å². The van der Waals surface area contributed by atoms with Crippen LogP contribution >= 0.6 is 11.3 Å². The maximum absolute atomic E-state index is 5.78. The van der Waals surface area contributed by atoms with Gasteiger partial charge in [0.05, 0.1) is 0 Å². The maximum atomic E-state index is 5.78. The van der Waals surface area contributed by atoms with Gasteiger partial charge in [0.2, 0.25) is 0 Å². The molecule has 3 heteroatoms. The summed E-state index contributed by atoms with van der Waals surface area (Å²) in [6, 6.07) is 8.98. The summed E-state index contributed by atoms with van der Waals surface area (Å²) in [4.78, 5) is 0. The predicted molar refractivity (Wildman–Crippen MR) is 89.9 cm³/mol. The van der Waals surface area contributed by atoms with Gasteiger partial charge in [-0.1, -0.05) is 63.6 Å². The summed E-state index contributed by atoms with van der Waals surface area (Å²) in [5, 5.41) is 3.49. The van der Waals surface area contributed by atoms with Crippen molar-refractivity contribution in [3.63, 3.8) is 0 Å². The second-order valence-electron chi connectivity index (χ2n) is 5.46. The predicted octanol–water partition coefficient (Wildman–Crippen LogP) is 5.16. The Morgan fingerprint density at radius 3 is 2.70 bits per heavy atom. The Hall–Kier alpha value is -0.900. The zero-order valence-electron chi connectivity index (χ0n) is 12.4. The van der Waals surface area contributed by atoms with Gasteiger partial charge in [0.25, 0.3) is 0 Å². The van der Waals surface area contributed by atoms with Crippen molar-refractivity contribution < 1.29 is 0 Å². The molecule has 1 atom stereocenters. The van der Waals surface area contributed by atoms with E-state index in [0.29, 0.717) is 0 Å². The first-order chi connectivity index (χ1) is 9.86. The molecule has 0 bridgehead atoms. The number of hydrazine groups is 1. The highest BCUT2D eigenvalue weighted by molar-refractivity contribution is 7.17. The average molecular weight is 290 g/mol. The first-order valence-corrected chi connectivity index (χ1v) is 8.67. The van der Waals surface area contributed by atoms with Crippen molar-refractivity contribution in [2.75, 3.05) is 0 Å². The molecule has 0 saturated carbocycles. The van der Waals surface area contributed by atoms with E-state index in [-0.39, 0.29) is 6.04 Å². The standard InChI is InChI=1S/C17H26N2S/c1-2-3-4-5-6-7-11-16(19-18)15-10-8-9-14-12-13-20-17(14)15/h8-10,12-13,16,19H,2-7,11,18H2,1H3. The highest BCUT2D eigenvalue weighted by Crippen LogP contribution is 2.31. The van der Waals surface area contributed by atoms with Crippen molar-refractivity contribution >= 4 is 21.4 Å². The van der Waals surface area contributed by atoms with Gasteiger partial charge in [-0.3, -0.25) is 11.3 Å². The third-order valence-corrected chi connectivity index (χ3v) is 4.91. The van der Waals surface area contributed by atoms with Crippen LogP contribution in [0.2, 0.25) is 0 Å². The lowest BCUT2D eigenvalue weighted by molar-refractivity contribution is 0.479. The first kappa shape index (κ1) is 15.5. The Morgan fingerprint density at radius 2 is 1.90 bits per heavy atom. The van der Waals surface area contributed by atoms with E-state index in [1.165, 1.54) is 54.2 Å². The molecular weight excluding hydrogens is 264 g/mol. The zero-order valence-corrected chi connectivity index (χ0v) is 13.2. The number of benzene rings is 1. The lowest BCUT2D eigenvalue weighted by Gasteiger charge is -2.17. The van der Waals surface area contributed by atoms with Gasteiger partial charge < -0.3 is 0 Å². The van der Waals surface area contributed by atoms with Gasteiger partial charge in [0.15, 0.2) is 0 Å². The topological polar surface area (TPSA) is 38.0 Å². The third kappa shape index (κ3) is 4.05. The summed E-state index contributed by atoms with van der Waals surface area (Å²) in [5.41, 5.74) is 4.36. The molecule has 0 amide bonds. The number of nitrogens with two attached hydrogens (primary N) is 1. The van der Waals surface area contributed by atoms with Crippen molar-refractivity contribution in [2.45, 2.75) is 57.9 Å². The summed E-state index contributed by atoms with van der Waals surface area (Å²) < 4.78 is 1.38. The molecule has 1 aromatic heterocycles. The Morgan fingerprint density at radius 1 is 1.10 bits per heavy atom. The number of thiophene rings is 1. The van der Waals surface area contributed by atoms with Crippen LogP contribution in [-0.2, 0) is 0 Å². The van der Waals surface area contributed by atoms with Gasteiger partial charge >= 0.3 is 0 Å². The van der Waals surface area contributed by atoms with E-state index in [9.17, 15) is 0 Å². The largest absolute Gasteiger partial charge is 0.271 e. The second-order valence-corrected chi connectivity index (χ2v) is 6.38. The Labute approximate surface area is 126 Å². The molecule has 1 aromatic carbocycles. The molecule has 2 rings (SSSR count). The molecule has 2 aromatic rings. The van der Waals surface area contributed by atoms with Crippen molar-refractivity contribution in [1.29, 1.82) is 0 Å². The fraction of sp³-hybridized carbons (Fsp3) is 0.529. The summed E-state index contributed by atoms with van der Waals surface area (Å²) in [6.45, 7) is 2.26. The normalized spacial score (nSPS) is 12.9. The number of nitrogens with one attached hydrogen (secondary N) is 1. The summed E-state index contributed by atoms with van der Waals surface area (Å²) >= 11 is 1.81. The van der Waals surface area contributed by atoms with E-state index in [4.69, 9.17) is 5.84 Å². The van der Waals surface area contributed by atoms with E-state index in [1.54, 1.807) is 0 Å². The molecular formula is C17H26N2S. The quantitative estimate of drug-likeness (QED) is 0.380. The zero-order chi connectivity index (χ0) is 14.2. The highest BCUT2D eigenvalue weighted by atomic mass is 32.1. The van der Waals surface area contributed by atoms with E-state index in [2.05, 4.69) is 42.0 Å². The number of hydrogen-bond donors (Lipinski definition) is 2. The second kappa shape index (κ2) is 8.40. The van der Waals surface area contributed by atoms with E-state index in [0.717, 1.165) is 6.42 Å². The minimum atomic E-state index is 0.281. The first-order valence-electron chi connectivity index (χ1n) is 7.79. The molecule has 1 unspecified atom stereocenters. The van der Waals surface area contributed by atoms with Crippen molar-refractivity contribution in [3.8, 4) is 0 Å². The Bertz CT molecular complexity index is 506. The minimum Gasteiger partial charge on any atom is -0.271 e. The highest BCUT2D eigenvalue weighted by Gasteiger charge is 2.13.